The van der Waals surface area contributed by atoms with Gasteiger partial charge in [0.25, 0.3) is 0 Å². The van der Waals surface area contributed by atoms with Crippen LogP contribution in [0.4, 0.5) is 18.0 Å². The van der Waals surface area contributed by atoms with Crippen LogP contribution in [-0.4, -0.2) is 55.8 Å². The van der Waals surface area contributed by atoms with Crippen LogP contribution < -0.4 is 15.8 Å². The Hall–Kier alpha value is -1.92. The van der Waals surface area contributed by atoms with E-state index in [4.69, 9.17) is 15.2 Å². The highest BCUT2D eigenvalue weighted by Crippen LogP contribution is 2.30. The number of amides is 1. The maximum atomic E-state index is 12.5. The van der Waals surface area contributed by atoms with Gasteiger partial charge in [-0.1, -0.05) is 0 Å². The van der Waals surface area contributed by atoms with Crippen LogP contribution >= 0.6 is 24.0 Å². The van der Waals surface area contributed by atoms with E-state index in [1.807, 2.05) is 0 Å². The third-order valence-corrected chi connectivity index (χ3v) is 4.20. The fraction of sp³-hybridized carbons (Fsp3) is 0.556. The summed E-state index contributed by atoms with van der Waals surface area (Å²) in [5, 5.41) is 3.10. The van der Waals surface area contributed by atoms with Crippen molar-refractivity contribution in [2.24, 2.45) is 10.7 Å². The third kappa shape index (κ3) is 8.54. The Bertz CT molecular complexity index is 663. The van der Waals surface area contributed by atoms with Gasteiger partial charge in [-0.15, -0.1) is 24.0 Å². The van der Waals surface area contributed by atoms with E-state index < -0.39 is 11.7 Å². The highest BCUT2D eigenvalue weighted by Gasteiger charge is 2.30. The molecule has 7 nitrogen and oxygen atoms in total. The molecular weight excluding hydrogens is 504 g/mol. The number of benzene rings is 1. The molecule has 1 heterocycles. The number of likely N-dealkylation sites (tertiary alicyclic amines) is 1. The number of rotatable bonds is 6. The molecule has 1 aromatic rings. The summed E-state index contributed by atoms with van der Waals surface area (Å²) >= 11 is 0. The number of guanidine groups is 1. The van der Waals surface area contributed by atoms with Crippen LogP contribution in [0.5, 0.6) is 5.75 Å². The van der Waals surface area contributed by atoms with Crippen molar-refractivity contribution in [1.29, 1.82) is 0 Å². The molecule has 0 saturated carbocycles. The molecular formula is C18H26F3IN4O3. The molecule has 0 atom stereocenters. The van der Waals surface area contributed by atoms with Gasteiger partial charge in [-0.25, -0.2) is 9.79 Å². The maximum absolute atomic E-state index is 12.5. The zero-order chi connectivity index (χ0) is 20.6. The Morgan fingerprint density at radius 1 is 1.28 bits per heavy atom. The van der Waals surface area contributed by atoms with Gasteiger partial charge in [0.05, 0.1) is 18.7 Å². The maximum Gasteiger partial charge on any atom is 0.416 e. The van der Waals surface area contributed by atoms with Crippen molar-refractivity contribution in [2.45, 2.75) is 32.0 Å². The van der Waals surface area contributed by atoms with E-state index in [0.29, 0.717) is 25.4 Å². The number of halogens is 4. The predicted octanol–water partition coefficient (Wildman–Crippen LogP) is 3.23. The largest absolute Gasteiger partial charge is 0.492 e. The Kier molecular flexibility index (Phi) is 10.3. The van der Waals surface area contributed by atoms with Crippen molar-refractivity contribution >= 4 is 36.0 Å². The van der Waals surface area contributed by atoms with Crippen molar-refractivity contribution < 1.29 is 27.4 Å². The number of nitrogens with one attached hydrogen (secondary N) is 1. The molecule has 1 aliphatic heterocycles. The lowest BCUT2D eigenvalue weighted by molar-refractivity contribution is -0.137. The van der Waals surface area contributed by atoms with Gasteiger partial charge in [-0.05, 0) is 44.0 Å². The molecule has 0 spiro atoms. The summed E-state index contributed by atoms with van der Waals surface area (Å²) < 4.78 is 47.8. The van der Waals surface area contributed by atoms with Crippen LogP contribution in [0.1, 0.15) is 25.3 Å². The first-order chi connectivity index (χ1) is 13.3. The number of hydrogen-bond acceptors (Lipinski definition) is 4. The smallest absolute Gasteiger partial charge is 0.416 e. The lowest BCUT2D eigenvalue weighted by Crippen LogP contribution is -2.48. The molecule has 1 amide bonds. The topological polar surface area (TPSA) is 89.2 Å². The average molecular weight is 530 g/mol. The SMILES string of the molecule is CCOC(=O)N1CCC(NC(N)=NCCOc2ccc(C(F)(F)F)cc2)CC1.I. The van der Waals surface area contributed by atoms with E-state index >= 15 is 0 Å². The predicted molar refractivity (Wildman–Crippen MR) is 114 cm³/mol. The van der Waals surface area contributed by atoms with Crippen LogP contribution in [-0.2, 0) is 10.9 Å². The van der Waals surface area contributed by atoms with Crippen LogP contribution in [0, 0.1) is 0 Å². The molecule has 11 heteroatoms. The summed E-state index contributed by atoms with van der Waals surface area (Å²) in [4.78, 5) is 17.5. The molecule has 3 N–H and O–H groups in total. The number of aliphatic imine (C=N–C) groups is 1. The molecule has 29 heavy (non-hydrogen) atoms. The molecule has 0 unspecified atom stereocenters. The second kappa shape index (κ2) is 11.9. The third-order valence-electron chi connectivity index (χ3n) is 4.20. The van der Waals surface area contributed by atoms with E-state index in [1.165, 1.54) is 12.1 Å². The standard InChI is InChI=1S/C18H25F3N4O3.HI/c1-2-27-17(26)25-10-7-14(8-11-25)24-16(22)23-9-12-28-15-5-3-13(4-6-15)18(19,20)21;/h3-6,14H,2,7-12H2,1H3,(H3,22,23,24);1H. The van der Waals surface area contributed by atoms with Crippen LogP contribution in [0.2, 0.25) is 0 Å². The number of hydrogen-bond donors (Lipinski definition) is 2. The highest BCUT2D eigenvalue weighted by molar-refractivity contribution is 14.0. The van der Waals surface area contributed by atoms with Gasteiger partial charge in [0.15, 0.2) is 5.96 Å². The molecule has 0 aromatic heterocycles. The lowest BCUT2D eigenvalue weighted by Gasteiger charge is -2.31. The van der Waals surface area contributed by atoms with E-state index in [1.54, 1.807) is 11.8 Å². The van der Waals surface area contributed by atoms with E-state index in [9.17, 15) is 18.0 Å². The molecule has 0 radical (unpaired) electrons. The van der Waals surface area contributed by atoms with Gasteiger partial charge in [0, 0.05) is 19.1 Å². The van der Waals surface area contributed by atoms with Crippen molar-refractivity contribution in [3.8, 4) is 5.75 Å². The fourth-order valence-electron chi connectivity index (χ4n) is 2.75. The normalized spacial score (nSPS) is 15.4. The summed E-state index contributed by atoms with van der Waals surface area (Å²) in [6, 6.07) is 4.59. The van der Waals surface area contributed by atoms with Gasteiger partial charge >= 0.3 is 12.3 Å². The zero-order valence-electron chi connectivity index (χ0n) is 16.1. The van der Waals surface area contributed by atoms with Crippen molar-refractivity contribution in [3.05, 3.63) is 29.8 Å². The number of nitrogens with zero attached hydrogens (tertiary/aromatic N) is 2. The molecule has 1 aromatic carbocycles. The Labute approximate surface area is 184 Å². The minimum absolute atomic E-state index is 0. The first-order valence-electron chi connectivity index (χ1n) is 9.07. The van der Waals surface area contributed by atoms with E-state index in [2.05, 4.69) is 10.3 Å². The van der Waals surface area contributed by atoms with Crippen molar-refractivity contribution in [2.75, 3.05) is 32.8 Å². The monoisotopic (exact) mass is 530 g/mol. The quantitative estimate of drug-likeness (QED) is 0.255. The fourth-order valence-corrected chi connectivity index (χ4v) is 2.75. The van der Waals surface area contributed by atoms with Crippen molar-refractivity contribution in [3.63, 3.8) is 0 Å². The average Bonchev–Trinajstić information content (AvgIpc) is 2.66. The van der Waals surface area contributed by atoms with Crippen molar-refractivity contribution in [1.82, 2.24) is 10.2 Å². The number of carbonyl (C=O) groups is 1. The molecule has 1 fully saturated rings. The molecule has 0 bridgehead atoms. The van der Waals surface area contributed by atoms with Crippen LogP contribution in [0.25, 0.3) is 0 Å². The van der Waals surface area contributed by atoms with Gasteiger partial charge < -0.3 is 25.4 Å². The summed E-state index contributed by atoms with van der Waals surface area (Å²) in [7, 11) is 0. The summed E-state index contributed by atoms with van der Waals surface area (Å²) in [5.74, 6) is 0.603. The number of nitrogens with two attached hydrogens (primary N) is 1. The summed E-state index contributed by atoms with van der Waals surface area (Å²) in [5.41, 5.74) is 5.13. The summed E-state index contributed by atoms with van der Waals surface area (Å²) in [6.45, 7) is 3.74. The number of piperidine rings is 1. The Balaban J connectivity index is 0.00000420. The summed E-state index contributed by atoms with van der Waals surface area (Å²) in [6.07, 6.45) is -3.20. The number of alkyl halides is 3. The molecule has 164 valence electrons. The van der Waals surface area contributed by atoms with Gasteiger partial charge in [-0.2, -0.15) is 13.2 Å². The minimum Gasteiger partial charge on any atom is -0.492 e. The zero-order valence-corrected chi connectivity index (χ0v) is 18.4. The first-order valence-corrected chi connectivity index (χ1v) is 9.07. The van der Waals surface area contributed by atoms with E-state index in [0.717, 1.165) is 25.0 Å². The number of carbonyl (C=O) groups excluding carboxylic acids is 1. The van der Waals surface area contributed by atoms with Crippen LogP contribution in [0.3, 0.4) is 0 Å². The lowest BCUT2D eigenvalue weighted by atomic mass is 10.1. The van der Waals surface area contributed by atoms with Crippen LogP contribution in [0.15, 0.2) is 29.3 Å². The van der Waals surface area contributed by atoms with Gasteiger partial charge in [0.1, 0.15) is 12.4 Å². The Morgan fingerprint density at radius 3 is 2.45 bits per heavy atom. The van der Waals surface area contributed by atoms with Gasteiger partial charge in [-0.3, -0.25) is 0 Å². The molecule has 2 rings (SSSR count). The first kappa shape index (κ1) is 25.1. The molecule has 1 aliphatic rings. The Morgan fingerprint density at radius 2 is 1.90 bits per heavy atom. The second-order valence-corrected chi connectivity index (χ2v) is 6.24. The highest BCUT2D eigenvalue weighted by atomic mass is 127. The number of ether oxygens (including phenoxy) is 2. The molecule has 0 aliphatic carbocycles. The second-order valence-electron chi connectivity index (χ2n) is 6.24. The molecule has 1 saturated heterocycles. The minimum atomic E-state index is -4.37. The van der Waals surface area contributed by atoms with E-state index in [-0.39, 0.29) is 55.2 Å². The van der Waals surface area contributed by atoms with Gasteiger partial charge in [0.2, 0.25) is 0 Å².